The van der Waals surface area contributed by atoms with Crippen LogP contribution in [0.3, 0.4) is 0 Å². The van der Waals surface area contributed by atoms with Gasteiger partial charge >= 0.3 is 0 Å². The van der Waals surface area contributed by atoms with E-state index < -0.39 is 17.6 Å². The van der Waals surface area contributed by atoms with Gasteiger partial charge < -0.3 is 15.4 Å². The molecule has 1 heterocycles. The molecule has 0 aliphatic carbocycles. The predicted molar refractivity (Wildman–Crippen MR) is 96.6 cm³/mol. The molecular weight excluding hydrogens is 351 g/mol. The van der Waals surface area contributed by atoms with E-state index in [-0.39, 0.29) is 31.3 Å². The minimum absolute atomic E-state index is 0.0289. The van der Waals surface area contributed by atoms with Crippen molar-refractivity contribution in [3.63, 3.8) is 0 Å². The highest BCUT2D eigenvalue weighted by molar-refractivity contribution is 6.37. The molecule has 1 unspecified atom stereocenters. The molecule has 7 heteroatoms. The molecule has 2 aromatic rings. The topological polar surface area (TPSA) is 89.7 Å². The summed E-state index contributed by atoms with van der Waals surface area (Å²) in [6, 6.07) is 11.3. The van der Waals surface area contributed by atoms with Crippen LogP contribution < -0.4 is 15.4 Å². The summed E-state index contributed by atoms with van der Waals surface area (Å²) < 4.78 is 19.0. The van der Waals surface area contributed by atoms with Crippen molar-refractivity contribution >= 4 is 23.3 Å². The fraction of sp³-hybridized carbons (Fsp3) is 0.250. The lowest BCUT2D eigenvalue weighted by molar-refractivity contribution is -0.138. The van der Waals surface area contributed by atoms with Crippen LogP contribution in [0.2, 0.25) is 0 Å². The summed E-state index contributed by atoms with van der Waals surface area (Å²) in [5.74, 6) is -2.44. The normalized spacial score (nSPS) is 16.4. The van der Waals surface area contributed by atoms with Crippen LogP contribution in [0.15, 0.2) is 42.5 Å². The Hall–Kier alpha value is -3.22. The van der Waals surface area contributed by atoms with E-state index >= 15 is 0 Å². The molecule has 1 fully saturated rings. The van der Waals surface area contributed by atoms with Crippen molar-refractivity contribution < 1.29 is 23.5 Å². The Labute approximate surface area is 155 Å². The van der Waals surface area contributed by atoms with Crippen LogP contribution in [0.5, 0.6) is 5.75 Å². The maximum atomic E-state index is 13.3. The van der Waals surface area contributed by atoms with Crippen LogP contribution in [0, 0.1) is 18.7 Å². The number of aryl methyl sites for hydroxylation is 1. The zero-order chi connectivity index (χ0) is 19.6. The number of carbonyl (C=O) groups excluding carboxylic acids is 3. The number of nitrogens with two attached hydrogens (primary N) is 1. The largest absolute Gasteiger partial charge is 0.489 e. The quantitative estimate of drug-likeness (QED) is 0.789. The molecule has 2 amide bonds. The van der Waals surface area contributed by atoms with Gasteiger partial charge in [-0.1, -0.05) is 6.07 Å². The van der Waals surface area contributed by atoms with Gasteiger partial charge in [0.1, 0.15) is 18.2 Å². The Balaban J connectivity index is 1.65. The summed E-state index contributed by atoms with van der Waals surface area (Å²) in [4.78, 5) is 36.3. The molecule has 1 saturated heterocycles. The molecule has 140 valence electrons. The fourth-order valence-corrected chi connectivity index (χ4v) is 3.01. The van der Waals surface area contributed by atoms with Gasteiger partial charge in [-0.3, -0.25) is 14.4 Å². The van der Waals surface area contributed by atoms with Crippen LogP contribution in [-0.2, 0) is 21.0 Å². The second-order valence-electron chi connectivity index (χ2n) is 6.49. The van der Waals surface area contributed by atoms with E-state index in [1.54, 1.807) is 30.3 Å². The third kappa shape index (κ3) is 4.13. The van der Waals surface area contributed by atoms with Gasteiger partial charge in [0.15, 0.2) is 0 Å². The van der Waals surface area contributed by atoms with Crippen LogP contribution in [-0.4, -0.2) is 24.1 Å². The maximum absolute atomic E-state index is 13.3. The van der Waals surface area contributed by atoms with Crippen molar-refractivity contribution in [3.8, 4) is 5.75 Å². The number of anilines is 1. The maximum Gasteiger partial charge on any atom is 0.285 e. The Kier molecular flexibility index (Phi) is 5.21. The van der Waals surface area contributed by atoms with Crippen molar-refractivity contribution in [2.24, 2.45) is 11.7 Å². The van der Waals surface area contributed by atoms with Crippen molar-refractivity contribution in [1.82, 2.24) is 0 Å². The van der Waals surface area contributed by atoms with Gasteiger partial charge in [-0.05, 0) is 54.4 Å². The molecule has 0 saturated carbocycles. The lowest BCUT2D eigenvalue weighted by atomic mass is 10.0. The third-order valence-corrected chi connectivity index (χ3v) is 4.59. The number of amides is 2. The Morgan fingerprint density at radius 2 is 1.93 bits per heavy atom. The number of ketones is 1. The minimum atomic E-state index is -1.02. The summed E-state index contributed by atoms with van der Waals surface area (Å²) in [5.41, 5.74) is 7.30. The Bertz CT molecular complexity index is 895. The number of hydrogen-bond acceptors (Lipinski definition) is 4. The summed E-state index contributed by atoms with van der Waals surface area (Å²) in [6.07, 6.45) is -0.0289. The molecule has 1 atom stereocenters. The Morgan fingerprint density at radius 3 is 2.59 bits per heavy atom. The fourth-order valence-electron chi connectivity index (χ4n) is 3.01. The van der Waals surface area contributed by atoms with Crippen molar-refractivity contribution in [2.45, 2.75) is 20.0 Å². The molecule has 0 aromatic heterocycles. The molecule has 1 aliphatic heterocycles. The van der Waals surface area contributed by atoms with E-state index in [9.17, 15) is 18.8 Å². The Morgan fingerprint density at radius 1 is 1.22 bits per heavy atom. The third-order valence-electron chi connectivity index (χ3n) is 4.59. The highest BCUT2D eigenvalue weighted by atomic mass is 19.1. The first-order valence-electron chi connectivity index (χ1n) is 8.47. The van der Waals surface area contributed by atoms with Gasteiger partial charge in [0, 0.05) is 18.7 Å². The number of ether oxygens (including phenoxy) is 1. The van der Waals surface area contributed by atoms with Crippen molar-refractivity contribution in [2.75, 3.05) is 11.4 Å². The van der Waals surface area contributed by atoms with E-state index in [1.165, 1.54) is 17.0 Å². The van der Waals surface area contributed by atoms with E-state index in [2.05, 4.69) is 0 Å². The molecule has 1 aliphatic rings. The van der Waals surface area contributed by atoms with Gasteiger partial charge in [0.2, 0.25) is 11.7 Å². The van der Waals surface area contributed by atoms with Crippen molar-refractivity contribution in [3.05, 3.63) is 59.4 Å². The first kappa shape index (κ1) is 18.6. The SMILES string of the molecule is Cc1ccc(F)cc1COc1ccc(N2CC(C(=O)C(N)=O)CC2=O)cc1. The average Bonchev–Trinajstić information content (AvgIpc) is 3.03. The molecule has 6 nitrogen and oxygen atoms in total. The minimum Gasteiger partial charge on any atom is -0.489 e. The number of primary amides is 1. The molecule has 0 spiro atoms. The average molecular weight is 370 g/mol. The summed E-state index contributed by atoms with van der Waals surface area (Å²) in [7, 11) is 0. The zero-order valence-corrected chi connectivity index (χ0v) is 14.8. The van der Waals surface area contributed by atoms with E-state index in [1.807, 2.05) is 6.92 Å². The monoisotopic (exact) mass is 370 g/mol. The van der Waals surface area contributed by atoms with Crippen LogP contribution in [0.4, 0.5) is 10.1 Å². The van der Waals surface area contributed by atoms with E-state index in [4.69, 9.17) is 10.5 Å². The second kappa shape index (κ2) is 7.57. The standard InChI is InChI=1S/C20H19FN2O4/c1-12-2-3-15(21)8-14(12)11-27-17-6-4-16(5-7-17)23-10-13(9-18(23)24)19(25)20(22)26/h2-8,13H,9-11H2,1H3,(H2,22,26). The molecule has 3 rings (SSSR count). The number of halogens is 1. The molecular formula is C20H19FN2O4. The van der Waals surface area contributed by atoms with Crippen LogP contribution >= 0.6 is 0 Å². The second-order valence-corrected chi connectivity index (χ2v) is 6.49. The molecule has 0 bridgehead atoms. The number of carbonyl (C=O) groups is 3. The van der Waals surface area contributed by atoms with Crippen LogP contribution in [0.25, 0.3) is 0 Å². The molecule has 0 radical (unpaired) electrons. The van der Waals surface area contributed by atoms with Crippen molar-refractivity contribution in [1.29, 1.82) is 0 Å². The number of rotatable bonds is 6. The van der Waals surface area contributed by atoms with Gasteiger partial charge in [-0.2, -0.15) is 0 Å². The number of hydrogen-bond donors (Lipinski definition) is 1. The summed E-state index contributed by atoms with van der Waals surface area (Å²) >= 11 is 0. The van der Waals surface area contributed by atoms with Gasteiger partial charge in [0.05, 0.1) is 5.92 Å². The summed E-state index contributed by atoms with van der Waals surface area (Å²) in [5, 5.41) is 0. The first-order chi connectivity index (χ1) is 12.8. The zero-order valence-electron chi connectivity index (χ0n) is 14.8. The molecule has 2 N–H and O–H groups in total. The van der Waals surface area contributed by atoms with Gasteiger partial charge in [-0.15, -0.1) is 0 Å². The highest BCUT2D eigenvalue weighted by Crippen LogP contribution is 2.27. The smallest absolute Gasteiger partial charge is 0.285 e. The number of Topliss-reactive ketones (excluding diaryl/α,β-unsaturated/α-hetero) is 1. The molecule has 27 heavy (non-hydrogen) atoms. The number of benzene rings is 2. The van der Waals surface area contributed by atoms with E-state index in [0.717, 1.165) is 11.1 Å². The number of nitrogens with zero attached hydrogens (tertiary/aromatic N) is 1. The predicted octanol–water partition coefficient (Wildman–Crippen LogP) is 2.12. The summed E-state index contributed by atoms with van der Waals surface area (Å²) in [6.45, 7) is 2.23. The lowest BCUT2D eigenvalue weighted by Crippen LogP contribution is -2.32. The first-order valence-corrected chi connectivity index (χ1v) is 8.47. The highest BCUT2D eigenvalue weighted by Gasteiger charge is 2.36. The van der Waals surface area contributed by atoms with Gasteiger partial charge in [-0.25, -0.2) is 4.39 Å². The lowest BCUT2D eigenvalue weighted by Gasteiger charge is -2.17. The van der Waals surface area contributed by atoms with Crippen LogP contribution in [0.1, 0.15) is 17.5 Å². The van der Waals surface area contributed by atoms with Gasteiger partial charge in [0.25, 0.3) is 5.91 Å². The molecule has 2 aromatic carbocycles. The van der Waals surface area contributed by atoms with E-state index in [0.29, 0.717) is 11.4 Å².